The maximum Gasteiger partial charge on any atom is 0.0284 e. The molecule has 62 valence electrons. The topological polar surface area (TPSA) is 12.4 Å². The van der Waals surface area contributed by atoms with E-state index >= 15 is 0 Å². The van der Waals surface area contributed by atoms with Crippen molar-refractivity contribution in [3.63, 3.8) is 0 Å². The molecule has 12 heavy (non-hydrogen) atoms. The second-order valence-electron chi connectivity index (χ2n) is 2.50. The Morgan fingerprint density at radius 3 is 2.42 bits per heavy atom. The van der Waals surface area contributed by atoms with Crippen LogP contribution < -0.4 is 0 Å². The predicted octanol–water partition coefficient (Wildman–Crippen LogP) is 2.79. The van der Waals surface area contributed by atoms with Crippen LogP contribution in [0.1, 0.15) is 12.5 Å². The molecule has 1 nitrogen and oxygen atoms in total. The van der Waals surface area contributed by atoms with Crippen LogP contribution in [0.4, 0.5) is 0 Å². The Bertz CT molecular complexity index is 283. The van der Waals surface area contributed by atoms with Crippen LogP contribution >= 0.6 is 0 Å². The molecule has 0 saturated heterocycles. The van der Waals surface area contributed by atoms with Crippen molar-refractivity contribution in [3.8, 4) is 0 Å². The van der Waals surface area contributed by atoms with Crippen molar-refractivity contribution in [1.29, 1.82) is 0 Å². The van der Waals surface area contributed by atoms with Crippen molar-refractivity contribution in [2.75, 3.05) is 7.05 Å². The fraction of sp³-hybridized carbons (Fsp3) is 0.182. The zero-order valence-electron chi connectivity index (χ0n) is 7.49. The van der Waals surface area contributed by atoms with Crippen LogP contribution in [0.25, 0.3) is 5.57 Å². The molecule has 0 bridgehead atoms. The Labute approximate surface area is 73.5 Å². The monoisotopic (exact) mass is 159 g/mol. The van der Waals surface area contributed by atoms with E-state index in [1.807, 2.05) is 31.3 Å². The molecule has 0 fully saturated rings. The highest BCUT2D eigenvalue weighted by Gasteiger charge is 1.93. The zero-order valence-corrected chi connectivity index (χ0v) is 7.49. The Morgan fingerprint density at radius 2 is 1.92 bits per heavy atom. The highest BCUT2D eigenvalue weighted by atomic mass is 14.6. The van der Waals surface area contributed by atoms with Crippen molar-refractivity contribution >= 4 is 11.8 Å². The lowest BCUT2D eigenvalue weighted by Gasteiger charge is -1.98. The minimum atomic E-state index is 1.16. The minimum Gasteiger partial charge on any atom is -0.296 e. The van der Waals surface area contributed by atoms with E-state index < -0.39 is 0 Å². The predicted molar refractivity (Wildman–Crippen MR) is 54.5 cm³/mol. The van der Waals surface area contributed by atoms with Crippen LogP contribution in [0.3, 0.4) is 0 Å². The second kappa shape index (κ2) is 4.50. The molecule has 0 radical (unpaired) electrons. The maximum atomic E-state index is 3.99. The van der Waals surface area contributed by atoms with E-state index in [9.17, 15) is 0 Å². The summed E-state index contributed by atoms with van der Waals surface area (Å²) in [6, 6.07) is 10.2. The first-order valence-electron chi connectivity index (χ1n) is 4.02. The van der Waals surface area contributed by atoms with Gasteiger partial charge in [0.1, 0.15) is 0 Å². The van der Waals surface area contributed by atoms with Gasteiger partial charge in [-0.2, -0.15) is 0 Å². The first-order valence-corrected chi connectivity index (χ1v) is 4.02. The standard InChI is InChI=1S/C11H13N/c1-3-10(9-12-2)11-7-5-4-6-8-11/h3-9H,1-2H3/b10-3+,12-9+. The molecule has 0 aliphatic heterocycles. The van der Waals surface area contributed by atoms with Crippen LogP contribution in [0.2, 0.25) is 0 Å². The molecule has 1 rings (SSSR count). The largest absolute Gasteiger partial charge is 0.296 e. The molecule has 0 heterocycles. The lowest BCUT2D eigenvalue weighted by atomic mass is 10.1. The number of allylic oxidation sites excluding steroid dienone is 2. The quantitative estimate of drug-likeness (QED) is 0.588. The fourth-order valence-corrected chi connectivity index (χ4v) is 1.09. The summed E-state index contributed by atoms with van der Waals surface area (Å²) in [4.78, 5) is 3.99. The van der Waals surface area contributed by atoms with Gasteiger partial charge in [-0.25, -0.2) is 0 Å². The fourth-order valence-electron chi connectivity index (χ4n) is 1.09. The molecule has 0 saturated carbocycles. The van der Waals surface area contributed by atoms with Crippen molar-refractivity contribution < 1.29 is 0 Å². The summed E-state index contributed by atoms with van der Waals surface area (Å²) in [7, 11) is 1.78. The van der Waals surface area contributed by atoms with Gasteiger partial charge < -0.3 is 0 Å². The number of hydrogen-bond donors (Lipinski definition) is 0. The van der Waals surface area contributed by atoms with E-state index in [1.165, 1.54) is 5.56 Å². The Hall–Kier alpha value is -1.37. The zero-order chi connectivity index (χ0) is 8.81. The summed E-state index contributed by atoms with van der Waals surface area (Å²) < 4.78 is 0. The van der Waals surface area contributed by atoms with Gasteiger partial charge in [-0.3, -0.25) is 4.99 Å². The van der Waals surface area contributed by atoms with Crippen molar-refractivity contribution in [2.45, 2.75) is 6.92 Å². The number of nitrogens with zero attached hydrogens (tertiary/aromatic N) is 1. The lowest BCUT2D eigenvalue weighted by Crippen LogP contribution is -1.83. The van der Waals surface area contributed by atoms with Crippen molar-refractivity contribution in [2.24, 2.45) is 4.99 Å². The van der Waals surface area contributed by atoms with Gasteiger partial charge in [-0.05, 0) is 18.1 Å². The van der Waals surface area contributed by atoms with E-state index in [0.717, 1.165) is 5.57 Å². The Morgan fingerprint density at radius 1 is 1.25 bits per heavy atom. The van der Waals surface area contributed by atoms with E-state index in [2.05, 4.69) is 23.2 Å². The van der Waals surface area contributed by atoms with Gasteiger partial charge >= 0.3 is 0 Å². The minimum absolute atomic E-state index is 1.16. The average molecular weight is 159 g/mol. The summed E-state index contributed by atoms with van der Waals surface area (Å²) in [5, 5.41) is 0. The molecule has 0 amide bonds. The molecule has 0 unspecified atom stereocenters. The number of rotatable bonds is 2. The third-order valence-corrected chi connectivity index (χ3v) is 1.69. The second-order valence-corrected chi connectivity index (χ2v) is 2.50. The van der Waals surface area contributed by atoms with E-state index in [1.54, 1.807) is 7.05 Å². The van der Waals surface area contributed by atoms with Gasteiger partial charge in [-0.15, -0.1) is 0 Å². The van der Waals surface area contributed by atoms with Gasteiger partial charge in [0.2, 0.25) is 0 Å². The molecule has 0 aromatic heterocycles. The normalized spacial score (nSPS) is 12.3. The van der Waals surface area contributed by atoms with Gasteiger partial charge in [0.15, 0.2) is 0 Å². The first-order chi connectivity index (χ1) is 5.88. The maximum absolute atomic E-state index is 3.99. The van der Waals surface area contributed by atoms with Crippen LogP contribution in [-0.4, -0.2) is 13.3 Å². The summed E-state index contributed by atoms with van der Waals surface area (Å²) >= 11 is 0. The third-order valence-electron chi connectivity index (χ3n) is 1.69. The van der Waals surface area contributed by atoms with Gasteiger partial charge in [0.05, 0.1) is 0 Å². The smallest absolute Gasteiger partial charge is 0.0284 e. The van der Waals surface area contributed by atoms with E-state index in [4.69, 9.17) is 0 Å². The number of aliphatic imine (C=N–C) groups is 1. The summed E-state index contributed by atoms with van der Waals surface area (Å²) in [6.45, 7) is 2.02. The van der Waals surface area contributed by atoms with Crippen LogP contribution in [0.5, 0.6) is 0 Å². The molecule has 1 aromatic rings. The van der Waals surface area contributed by atoms with Gasteiger partial charge in [0, 0.05) is 13.3 Å². The van der Waals surface area contributed by atoms with Crippen LogP contribution in [0, 0.1) is 0 Å². The van der Waals surface area contributed by atoms with Crippen LogP contribution in [0.15, 0.2) is 41.4 Å². The lowest BCUT2D eigenvalue weighted by molar-refractivity contribution is 1.47. The highest BCUT2D eigenvalue weighted by Crippen LogP contribution is 2.10. The average Bonchev–Trinajstić information content (AvgIpc) is 2.15. The molecular formula is C11H13N. The summed E-state index contributed by atoms with van der Waals surface area (Å²) in [6.07, 6.45) is 3.93. The highest BCUT2D eigenvalue weighted by molar-refractivity contribution is 6.09. The van der Waals surface area contributed by atoms with Crippen molar-refractivity contribution in [1.82, 2.24) is 0 Å². The number of hydrogen-bond acceptors (Lipinski definition) is 1. The van der Waals surface area contributed by atoms with E-state index in [-0.39, 0.29) is 0 Å². The van der Waals surface area contributed by atoms with E-state index in [0.29, 0.717) is 0 Å². The molecule has 0 spiro atoms. The molecule has 0 aliphatic carbocycles. The molecule has 1 heteroatoms. The van der Waals surface area contributed by atoms with Crippen molar-refractivity contribution in [3.05, 3.63) is 42.0 Å². The molecular weight excluding hydrogens is 146 g/mol. The Kier molecular flexibility index (Phi) is 3.27. The molecule has 0 aliphatic rings. The summed E-state index contributed by atoms with van der Waals surface area (Å²) in [5.74, 6) is 0. The van der Waals surface area contributed by atoms with Gasteiger partial charge in [0.25, 0.3) is 0 Å². The molecule has 0 atom stereocenters. The SMILES string of the molecule is C/C=C(\C=N\C)c1ccccc1. The number of benzene rings is 1. The third kappa shape index (κ3) is 2.06. The van der Waals surface area contributed by atoms with Crippen LogP contribution in [-0.2, 0) is 0 Å². The summed E-state index contributed by atoms with van der Waals surface area (Å²) in [5.41, 5.74) is 2.38. The molecule has 1 aromatic carbocycles. The first kappa shape index (κ1) is 8.72. The van der Waals surface area contributed by atoms with Gasteiger partial charge in [-0.1, -0.05) is 36.4 Å². The Balaban J connectivity index is 2.97. The molecule has 0 N–H and O–H groups in total.